The first-order chi connectivity index (χ1) is 11.3. The molecule has 0 aromatic heterocycles. The highest BCUT2D eigenvalue weighted by atomic mass is 16.6. The first kappa shape index (κ1) is 15.8. The first-order valence-corrected chi connectivity index (χ1v) is 8.24. The highest BCUT2D eigenvalue weighted by molar-refractivity contribution is 5.76. The summed E-state index contributed by atoms with van der Waals surface area (Å²) in [5.41, 5.74) is 1.78. The van der Waals surface area contributed by atoms with Crippen molar-refractivity contribution in [2.24, 2.45) is 0 Å². The standard InChI is InChI=1S/C20H22O3/c21-19(16-11-5-2-6-12-16)20(22)23-18-14-8-7-13-17(18)15-9-3-1-4-10-15/h1-6,9-12,17-19,21H,7-8,13-14H2/t17-,18+,19-/m1/s1. The van der Waals surface area contributed by atoms with Crippen molar-refractivity contribution in [3.63, 3.8) is 0 Å². The molecule has 3 atom stereocenters. The minimum atomic E-state index is -1.21. The SMILES string of the molecule is O=C(O[C@H]1CCCC[C@@H]1c1ccccc1)[C@H](O)c1ccccc1. The molecule has 0 unspecified atom stereocenters. The van der Waals surface area contributed by atoms with Crippen molar-refractivity contribution in [3.8, 4) is 0 Å². The fourth-order valence-corrected chi connectivity index (χ4v) is 3.30. The lowest BCUT2D eigenvalue weighted by Crippen LogP contribution is -2.30. The molecule has 2 aromatic rings. The Morgan fingerprint density at radius 1 is 0.957 bits per heavy atom. The van der Waals surface area contributed by atoms with E-state index in [9.17, 15) is 9.90 Å². The second-order valence-corrected chi connectivity index (χ2v) is 6.09. The van der Waals surface area contributed by atoms with E-state index in [0.717, 1.165) is 25.7 Å². The van der Waals surface area contributed by atoms with Crippen molar-refractivity contribution in [2.45, 2.75) is 43.8 Å². The van der Waals surface area contributed by atoms with Crippen LogP contribution in [0.1, 0.15) is 48.8 Å². The summed E-state index contributed by atoms with van der Waals surface area (Å²) in [6.07, 6.45) is 2.71. The van der Waals surface area contributed by atoms with Crippen molar-refractivity contribution in [1.82, 2.24) is 0 Å². The van der Waals surface area contributed by atoms with Crippen LogP contribution in [-0.4, -0.2) is 17.2 Å². The summed E-state index contributed by atoms with van der Waals surface area (Å²) in [4.78, 5) is 12.3. The topological polar surface area (TPSA) is 46.5 Å². The van der Waals surface area contributed by atoms with E-state index in [4.69, 9.17) is 4.74 Å². The lowest BCUT2D eigenvalue weighted by atomic mass is 9.81. The molecule has 0 aliphatic heterocycles. The van der Waals surface area contributed by atoms with E-state index in [-0.39, 0.29) is 12.0 Å². The van der Waals surface area contributed by atoms with Gasteiger partial charge in [-0.1, -0.05) is 67.1 Å². The first-order valence-electron chi connectivity index (χ1n) is 8.24. The minimum Gasteiger partial charge on any atom is -0.460 e. The number of carbonyl (C=O) groups is 1. The molecule has 3 rings (SSSR count). The number of rotatable bonds is 4. The van der Waals surface area contributed by atoms with Crippen molar-refractivity contribution in [2.75, 3.05) is 0 Å². The Bertz CT molecular complexity index is 624. The Balaban J connectivity index is 1.71. The van der Waals surface area contributed by atoms with Gasteiger partial charge in [0.25, 0.3) is 0 Å². The average Bonchev–Trinajstić information content (AvgIpc) is 2.63. The highest BCUT2D eigenvalue weighted by Crippen LogP contribution is 2.35. The summed E-state index contributed by atoms with van der Waals surface area (Å²) in [6, 6.07) is 19.1. The van der Waals surface area contributed by atoms with Crippen molar-refractivity contribution < 1.29 is 14.6 Å². The van der Waals surface area contributed by atoms with Gasteiger partial charge in [-0.3, -0.25) is 0 Å². The third-order valence-electron chi connectivity index (χ3n) is 4.54. The fourth-order valence-electron chi connectivity index (χ4n) is 3.30. The summed E-state index contributed by atoms with van der Waals surface area (Å²) in [6.45, 7) is 0. The van der Waals surface area contributed by atoms with E-state index in [2.05, 4.69) is 12.1 Å². The third-order valence-corrected chi connectivity index (χ3v) is 4.54. The Morgan fingerprint density at radius 2 is 1.57 bits per heavy atom. The van der Waals surface area contributed by atoms with Gasteiger partial charge in [-0.25, -0.2) is 4.79 Å². The maximum absolute atomic E-state index is 12.3. The van der Waals surface area contributed by atoms with Gasteiger partial charge in [-0.15, -0.1) is 0 Å². The summed E-state index contributed by atoms with van der Waals surface area (Å²) >= 11 is 0. The molecule has 0 heterocycles. The fraction of sp³-hybridized carbons (Fsp3) is 0.350. The zero-order valence-corrected chi connectivity index (χ0v) is 13.1. The molecular weight excluding hydrogens is 288 g/mol. The molecule has 0 bridgehead atoms. The summed E-state index contributed by atoms with van der Waals surface area (Å²) in [7, 11) is 0. The predicted octanol–water partition coefficient (Wildman–Crippen LogP) is 3.99. The van der Waals surface area contributed by atoms with Crippen LogP contribution in [0.25, 0.3) is 0 Å². The van der Waals surface area contributed by atoms with Gasteiger partial charge in [0.05, 0.1) is 0 Å². The maximum Gasteiger partial charge on any atom is 0.339 e. The van der Waals surface area contributed by atoms with E-state index < -0.39 is 12.1 Å². The van der Waals surface area contributed by atoms with Crippen LogP contribution in [0.4, 0.5) is 0 Å². The number of aliphatic hydroxyl groups is 1. The van der Waals surface area contributed by atoms with Gasteiger partial charge in [0.2, 0.25) is 0 Å². The quantitative estimate of drug-likeness (QED) is 0.869. The monoisotopic (exact) mass is 310 g/mol. The number of benzene rings is 2. The average molecular weight is 310 g/mol. The van der Waals surface area contributed by atoms with Crippen LogP contribution >= 0.6 is 0 Å². The number of ether oxygens (including phenoxy) is 1. The molecule has 1 saturated carbocycles. The summed E-state index contributed by atoms with van der Waals surface area (Å²) in [5.74, 6) is -0.332. The van der Waals surface area contributed by atoms with Crippen LogP contribution in [-0.2, 0) is 9.53 Å². The Kier molecular flexibility index (Phi) is 5.09. The highest BCUT2D eigenvalue weighted by Gasteiger charge is 2.31. The molecule has 120 valence electrons. The van der Waals surface area contributed by atoms with Crippen LogP contribution in [0.15, 0.2) is 60.7 Å². The molecule has 1 fully saturated rings. The molecule has 0 radical (unpaired) electrons. The predicted molar refractivity (Wildman–Crippen MR) is 88.9 cm³/mol. The molecule has 0 saturated heterocycles. The van der Waals surface area contributed by atoms with E-state index in [1.54, 1.807) is 24.3 Å². The van der Waals surface area contributed by atoms with E-state index in [0.29, 0.717) is 5.56 Å². The molecule has 2 aromatic carbocycles. The largest absolute Gasteiger partial charge is 0.460 e. The second kappa shape index (κ2) is 7.42. The van der Waals surface area contributed by atoms with Crippen LogP contribution in [0.5, 0.6) is 0 Å². The van der Waals surface area contributed by atoms with Crippen LogP contribution in [0.2, 0.25) is 0 Å². The molecular formula is C20H22O3. The Morgan fingerprint density at radius 3 is 2.26 bits per heavy atom. The third kappa shape index (κ3) is 3.80. The van der Waals surface area contributed by atoms with Crippen molar-refractivity contribution in [1.29, 1.82) is 0 Å². The number of carbonyl (C=O) groups excluding carboxylic acids is 1. The van der Waals surface area contributed by atoms with E-state index in [1.807, 2.05) is 24.3 Å². The van der Waals surface area contributed by atoms with Gasteiger partial charge in [0.1, 0.15) is 6.10 Å². The smallest absolute Gasteiger partial charge is 0.339 e. The second-order valence-electron chi connectivity index (χ2n) is 6.09. The van der Waals surface area contributed by atoms with Crippen LogP contribution < -0.4 is 0 Å². The van der Waals surface area contributed by atoms with Gasteiger partial charge < -0.3 is 9.84 Å². The molecule has 3 nitrogen and oxygen atoms in total. The van der Waals surface area contributed by atoms with Crippen LogP contribution in [0, 0.1) is 0 Å². The molecule has 0 amide bonds. The van der Waals surface area contributed by atoms with E-state index >= 15 is 0 Å². The molecule has 23 heavy (non-hydrogen) atoms. The summed E-state index contributed by atoms with van der Waals surface area (Å²) in [5, 5.41) is 10.2. The zero-order chi connectivity index (χ0) is 16.1. The van der Waals surface area contributed by atoms with Gasteiger partial charge in [0.15, 0.2) is 6.10 Å². The number of aliphatic hydroxyl groups excluding tert-OH is 1. The minimum absolute atomic E-state index is 0.156. The number of hydrogen-bond donors (Lipinski definition) is 1. The lowest BCUT2D eigenvalue weighted by molar-refractivity contribution is -0.162. The lowest BCUT2D eigenvalue weighted by Gasteiger charge is -2.32. The normalized spacial score (nSPS) is 22.3. The molecule has 1 N–H and O–H groups in total. The number of esters is 1. The molecule has 1 aliphatic carbocycles. The Labute approximate surface area is 136 Å². The van der Waals surface area contributed by atoms with Crippen LogP contribution in [0.3, 0.4) is 0 Å². The molecule has 1 aliphatic rings. The summed E-state index contributed by atoms with van der Waals surface area (Å²) < 4.78 is 5.69. The van der Waals surface area contributed by atoms with Gasteiger partial charge in [-0.05, 0) is 30.4 Å². The van der Waals surface area contributed by atoms with Gasteiger partial charge in [-0.2, -0.15) is 0 Å². The van der Waals surface area contributed by atoms with Crippen molar-refractivity contribution in [3.05, 3.63) is 71.8 Å². The van der Waals surface area contributed by atoms with Gasteiger partial charge >= 0.3 is 5.97 Å². The molecule has 3 heteroatoms. The zero-order valence-electron chi connectivity index (χ0n) is 13.1. The maximum atomic E-state index is 12.3. The molecule has 0 spiro atoms. The number of hydrogen-bond acceptors (Lipinski definition) is 3. The Hall–Kier alpha value is -2.13. The van der Waals surface area contributed by atoms with Crippen molar-refractivity contribution >= 4 is 5.97 Å². The van der Waals surface area contributed by atoms with E-state index in [1.165, 1.54) is 5.56 Å². The van der Waals surface area contributed by atoms with Gasteiger partial charge in [0, 0.05) is 5.92 Å².